The molecule has 0 amide bonds. The zero-order valence-electron chi connectivity index (χ0n) is 16.8. The number of guanidine groups is 1. The van der Waals surface area contributed by atoms with Crippen LogP contribution in [0.1, 0.15) is 24.0 Å². The zero-order valence-corrected chi connectivity index (χ0v) is 19.1. The minimum atomic E-state index is -4.73. The molecule has 0 aliphatic carbocycles. The molecule has 3 rings (SSSR count). The summed E-state index contributed by atoms with van der Waals surface area (Å²) in [5, 5.41) is 12.5. The van der Waals surface area contributed by atoms with E-state index in [9.17, 15) is 18.3 Å². The molecule has 2 aromatic carbocycles. The monoisotopic (exact) mass is 550 g/mol. The Balaban J connectivity index is 0.00000341. The largest absolute Gasteiger partial charge is 0.573 e. The highest BCUT2D eigenvalue weighted by molar-refractivity contribution is 14.0. The summed E-state index contributed by atoms with van der Waals surface area (Å²) in [5.74, 6) is -0.141. The van der Waals surface area contributed by atoms with Gasteiger partial charge >= 0.3 is 6.36 Å². The van der Waals surface area contributed by atoms with Gasteiger partial charge < -0.3 is 20.9 Å². The van der Waals surface area contributed by atoms with Crippen LogP contribution in [0.3, 0.4) is 0 Å². The van der Waals surface area contributed by atoms with Gasteiger partial charge in [0.05, 0.1) is 12.6 Å². The predicted octanol–water partition coefficient (Wildman–Crippen LogP) is 4.09. The molecule has 1 saturated heterocycles. The first-order valence-electron chi connectivity index (χ1n) is 9.68. The lowest BCUT2D eigenvalue weighted by Gasteiger charge is -2.30. The minimum absolute atomic E-state index is 0. The Kier molecular flexibility index (Phi) is 9.38. The number of piperidine rings is 1. The first-order valence-corrected chi connectivity index (χ1v) is 9.68. The molecule has 10 heteroatoms. The fourth-order valence-electron chi connectivity index (χ4n) is 3.28. The Hall–Kier alpha value is -2.05. The van der Waals surface area contributed by atoms with Gasteiger partial charge in [0, 0.05) is 25.3 Å². The van der Waals surface area contributed by atoms with E-state index in [0.717, 1.165) is 43.6 Å². The van der Waals surface area contributed by atoms with Gasteiger partial charge in [-0.05, 0) is 48.2 Å². The van der Waals surface area contributed by atoms with E-state index in [0.29, 0.717) is 12.2 Å². The summed E-state index contributed by atoms with van der Waals surface area (Å²) in [6.45, 7) is 2.88. The molecule has 6 nitrogen and oxygen atoms in total. The topological polar surface area (TPSA) is 83.1 Å². The van der Waals surface area contributed by atoms with Crippen LogP contribution in [0.5, 0.6) is 5.75 Å². The van der Waals surface area contributed by atoms with E-state index in [1.807, 2.05) is 18.2 Å². The van der Waals surface area contributed by atoms with E-state index >= 15 is 0 Å². The Morgan fingerprint density at radius 2 is 1.71 bits per heavy atom. The fourth-order valence-corrected chi connectivity index (χ4v) is 3.28. The predicted molar refractivity (Wildman–Crippen MR) is 124 cm³/mol. The molecular formula is C21H26F3IN4O2. The van der Waals surface area contributed by atoms with E-state index in [1.54, 1.807) is 0 Å². The van der Waals surface area contributed by atoms with Crippen LogP contribution in [-0.2, 0) is 13.1 Å². The van der Waals surface area contributed by atoms with Crippen molar-refractivity contribution in [3.8, 4) is 5.75 Å². The van der Waals surface area contributed by atoms with Crippen LogP contribution in [0, 0.1) is 0 Å². The number of hydrogen-bond donors (Lipinski definition) is 3. The van der Waals surface area contributed by atoms with Gasteiger partial charge in [0.2, 0.25) is 0 Å². The number of likely N-dealkylation sites (tertiary alicyclic amines) is 1. The number of nitrogens with one attached hydrogen (secondary N) is 1. The first-order chi connectivity index (χ1) is 14.3. The van der Waals surface area contributed by atoms with Crippen LogP contribution in [0.4, 0.5) is 18.9 Å². The average Bonchev–Trinajstić information content (AvgIpc) is 2.69. The first kappa shape index (κ1) is 25.2. The Bertz CT molecular complexity index is 854. The summed E-state index contributed by atoms with van der Waals surface area (Å²) in [5.41, 5.74) is 8.63. The maximum absolute atomic E-state index is 12.2. The normalized spacial score (nSPS) is 15.9. The number of halogens is 4. The molecule has 0 radical (unpaired) electrons. The van der Waals surface area contributed by atoms with Crippen LogP contribution in [0.25, 0.3) is 0 Å². The number of aliphatic hydroxyl groups excluding tert-OH is 1. The third kappa shape index (κ3) is 8.54. The van der Waals surface area contributed by atoms with Crippen molar-refractivity contribution >= 4 is 35.6 Å². The number of hydrogen-bond acceptors (Lipinski definition) is 4. The molecule has 0 unspecified atom stereocenters. The Labute approximate surface area is 196 Å². The van der Waals surface area contributed by atoms with E-state index in [-0.39, 0.29) is 41.8 Å². The molecule has 4 N–H and O–H groups in total. The van der Waals surface area contributed by atoms with Crippen LogP contribution in [-0.4, -0.2) is 41.5 Å². The van der Waals surface area contributed by atoms with Gasteiger partial charge in [0.15, 0.2) is 5.96 Å². The van der Waals surface area contributed by atoms with Crippen LogP contribution >= 0.6 is 24.0 Å². The van der Waals surface area contributed by atoms with Crippen molar-refractivity contribution in [1.29, 1.82) is 0 Å². The van der Waals surface area contributed by atoms with Crippen molar-refractivity contribution in [2.45, 2.75) is 38.4 Å². The third-order valence-corrected chi connectivity index (χ3v) is 4.85. The molecule has 0 atom stereocenters. The number of aliphatic imine (C=N–C) groups is 1. The second-order valence-corrected chi connectivity index (χ2v) is 7.17. The Morgan fingerprint density at radius 3 is 2.32 bits per heavy atom. The molecule has 170 valence electrons. The molecule has 2 aromatic rings. The lowest BCUT2D eigenvalue weighted by Crippen LogP contribution is -2.35. The van der Waals surface area contributed by atoms with E-state index in [2.05, 4.69) is 26.0 Å². The van der Waals surface area contributed by atoms with Crippen molar-refractivity contribution in [2.75, 3.05) is 18.4 Å². The minimum Gasteiger partial charge on any atom is -0.406 e. The van der Waals surface area contributed by atoms with Gasteiger partial charge in [-0.1, -0.05) is 24.3 Å². The van der Waals surface area contributed by atoms with Crippen molar-refractivity contribution < 1.29 is 23.0 Å². The third-order valence-electron chi connectivity index (χ3n) is 4.85. The Morgan fingerprint density at radius 1 is 1.10 bits per heavy atom. The summed E-state index contributed by atoms with van der Waals surface area (Å²) < 4.78 is 40.5. The smallest absolute Gasteiger partial charge is 0.406 e. The fraction of sp³-hybridized carbons (Fsp3) is 0.381. The van der Waals surface area contributed by atoms with Gasteiger partial charge in [0.25, 0.3) is 0 Å². The summed E-state index contributed by atoms with van der Waals surface area (Å²) in [6.07, 6.45) is -3.37. The number of nitrogens with two attached hydrogens (primary N) is 1. The molecule has 0 bridgehead atoms. The number of nitrogens with zero attached hydrogens (tertiary/aromatic N) is 2. The number of aliphatic hydroxyl groups is 1. The van der Waals surface area contributed by atoms with Crippen molar-refractivity contribution in [3.05, 3.63) is 59.7 Å². The van der Waals surface area contributed by atoms with Crippen molar-refractivity contribution in [3.63, 3.8) is 0 Å². The van der Waals surface area contributed by atoms with Gasteiger partial charge in [-0.3, -0.25) is 4.90 Å². The molecule has 0 aromatic heterocycles. The molecule has 1 aliphatic rings. The molecule has 0 spiro atoms. The van der Waals surface area contributed by atoms with E-state index in [1.165, 1.54) is 24.3 Å². The average molecular weight is 550 g/mol. The van der Waals surface area contributed by atoms with Crippen LogP contribution in [0.2, 0.25) is 0 Å². The highest BCUT2D eigenvalue weighted by Crippen LogP contribution is 2.24. The lowest BCUT2D eigenvalue weighted by molar-refractivity contribution is -0.274. The van der Waals surface area contributed by atoms with Gasteiger partial charge in [-0.25, -0.2) is 4.99 Å². The lowest BCUT2D eigenvalue weighted by atomic mass is 10.0. The summed E-state index contributed by atoms with van der Waals surface area (Å²) in [6, 6.07) is 13.2. The summed E-state index contributed by atoms with van der Waals surface area (Å²) in [4.78, 5) is 6.66. The van der Waals surface area contributed by atoms with Gasteiger partial charge in [0.1, 0.15) is 5.75 Å². The number of benzene rings is 2. The number of rotatable bonds is 6. The number of alkyl halides is 3. The summed E-state index contributed by atoms with van der Waals surface area (Å²) in [7, 11) is 0. The second-order valence-electron chi connectivity index (χ2n) is 7.17. The van der Waals surface area contributed by atoms with Crippen molar-refractivity contribution in [1.82, 2.24) is 4.90 Å². The van der Waals surface area contributed by atoms with E-state index in [4.69, 9.17) is 5.73 Å². The number of anilines is 1. The van der Waals surface area contributed by atoms with E-state index < -0.39 is 6.36 Å². The van der Waals surface area contributed by atoms with Crippen LogP contribution in [0.15, 0.2) is 53.5 Å². The molecule has 0 saturated carbocycles. The maximum Gasteiger partial charge on any atom is 0.573 e. The molecule has 1 heterocycles. The molecular weight excluding hydrogens is 524 g/mol. The highest BCUT2D eigenvalue weighted by Gasteiger charge is 2.30. The van der Waals surface area contributed by atoms with Gasteiger partial charge in [-0.15, -0.1) is 37.1 Å². The standard InChI is InChI=1S/C21H25F3N4O2.HI/c22-21(23,24)30-19-7-5-17(6-8-19)27-20(25)26-13-15-3-1-2-4-16(15)14-28-11-9-18(29)10-12-28;/h1-8,18,29H,9-14H2,(H3,25,26,27);1H. The second kappa shape index (κ2) is 11.5. The summed E-state index contributed by atoms with van der Waals surface area (Å²) >= 11 is 0. The molecule has 1 fully saturated rings. The molecule has 1 aliphatic heterocycles. The maximum atomic E-state index is 12.2. The van der Waals surface area contributed by atoms with Gasteiger partial charge in [-0.2, -0.15) is 0 Å². The number of ether oxygens (including phenoxy) is 1. The SMILES string of the molecule is I.NC(=NCc1ccccc1CN1CCC(O)CC1)Nc1ccc(OC(F)(F)F)cc1. The highest BCUT2D eigenvalue weighted by atomic mass is 127. The quantitative estimate of drug-likeness (QED) is 0.287. The van der Waals surface area contributed by atoms with Crippen molar-refractivity contribution in [2.24, 2.45) is 10.7 Å². The molecule has 31 heavy (non-hydrogen) atoms. The van der Waals surface area contributed by atoms with Crippen LogP contribution < -0.4 is 15.8 Å². The zero-order chi connectivity index (χ0) is 21.6.